The van der Waals surface area contributed by atoms with Crippen molar-refractivity contribution in [2.75, 3.05) is 5.32 Å². The number of aliphatic carboxylic acids is 1. The summed E-state index contributed by atoms with van der Waals surface area (Å²) in [7, 11) is 0. The smallest absolute Gasteiger partial charge is 0.325 e. The standard InChI is InChI=1S/C15H14BrN3O3/c16-11-3-1-2-10(8-11)15(5-6-15)14(22)17-12-4-7-19(18-12)9-13(20)21/h1-4,7-8H,5-6,9H2,(H,20,21)(H,17,18,22). The second-order valence-electron chi connectivity index (χ2n) is 5.34. The van der Waals surface area contributed by atoms with E-state index < -0.39 is 11.4 Å². The molecule has 2 N–H and O–H groups in total. The molecule has 0 unspecified atom stereocenters. The summed E-state index contributed by atoms with van der Waals surface area (Å²) >= 11 is 3.42. The van der Waals surface area contributed by atoms with E-state index in [0.717, 1.165) is 22.9 Å². The van der Waals surface area contributed by atoms with E-state index >= 15 is 0 Å². The van der Waals surface area contributed by atoms with E-state index in [4.69, 9.17) is 5.11 Å². The zero-order chi connectivity index (χ0) is 15.7. The molecule has 0 bridgehead atoms. The molecule has 3 rings (SSSR count). The molecule has 1 amide bonds. The summed E-state index contributed by atoms with van der Waals surface area (Å²) in [4.78, 5) is 23.2. The number of benzene rings is 1. The van der Waals surface area contributed by atoms with Crippen LogP contribution in [0.5, 0.6) is 0 Å². The number of carbonyl (C=O) groups is 2. The van der Waals surface area contributed by atoms with Crippen LogP contribution in [-0.4, -0.2) is 26.8 Å². The highest BCUT2D eigenvalue weighted by Gasteiger charge is 2.51. The molecule has 0 radical (unpaired) electrons. The lowest BCUT2D eigenvalue weighted by atomic mass is 9.95. The minimum absolute atomic E-state index is 0.105. The van der Waals surface area contributed by atoms with Crippen LogP contribution in [0, 0.1) is 0 Å². The van der Waals surface area contributed by atoms with Crippen molar-refractivity contribution in [3.8, 4) is 0 Å². The molecule has 1 aliphatic carbocycles. The minimum atomic E-state index is -0.978. The molecule has 0 atom stereocenters. The maximum Gasteiger partial charge on any atom is 0.325 e. The molecule has 6 nitrogen and oxygen atoms in total. The van der Waals surface area contributed by atoms with Gasteiger partial charge in [-0.3, -0.25) is 14.3 Å². The van der Waals surface area contributed by atoms with Crippen molar-refractivity contribution in [3.63, 3.8) is 0 Å². The van der Waals surface area contributed by atoms with Gasteiger partial charge in [0.05, 0.1) is 5.41 Å². The van der Waals surface area contributed by atoms with E-state index in [1.165, 1.54) is 10.9 Å². The Labute approximate surface area is 135 Å². The molecule has 1 aromatic heterocycles. The zero-order valence-corrected chi connectivity index (χ0v) is 13.2. The van der Waals surface area contributed by atoms with Gasteiger partial charge in [-0.05, 0) is 30.5 Å². The Morgan fingerprint density at radius 3 is 2.77 bits per heavy atom. The molecule has 2 aromatic rings. The molecule has 0 saturated heterocycles. The first kappa shape index (κ1) is 14.8. The van der Waals surface area contributed by atoms with Gasteiger partial charge in [-0.1, -0.05) is 28.1 Å². The van der Waals surface area contributed by atoms with Crippen LogP contribution in [0.4, 0.5) is 5.82 Å². The molecule has 1 fully saturated rings. The first-order valence-corrected chi connectivity index (χ1v) is 7.62. The lowest BCUT2D eigenvalue weighted by Gasteiger charge is -2.15. The van der Waals surface area contributed by atoms with Crippen LogP contribution in [0.2, 0.25) is 0 Å². The van der Waals surface area contributed by atoms with E-state index in [1.807, 2.05) is 24.3 Å². The molecule has 1 aromatic carbocycles. The number of amides is 1. The van der Waals surface area contributed by atoms with Gasteiger partial charge in [0.25, 0.3) is 0 Å². The van der Waals surface area contributed by atoms with Crippen molar-refractivity contribution in [1.29, 1.82) is 0 Å². The Bertz CT molecular complexity index is 737. The number of carbonyl (C=O) groups excluding carboxylic acids is 1. The predicted molar refractivity (Wildman–Crippen MR) is 83.5 cm³/mol. The number of anilines is 1. The first-order chi connectivity index (χ1) is 10.5. The Kier molecular flexibility index (Phi) is 3.74. The third kappa shape index (κ3) is 2.89. The number of carboxylic acid groups (broad SMARTS) is 1. The van der Waals surface area contributed by atoms with Gasteiger partial charge in [0, 0.05) is 16.7 Å². The number of rotatable bonds is 5. The highest BCUT2D eigenvalue weighted by atomic mass is 79.9. The minimum Gasteiger partial charge on any atom is -0.480 e. The Morgan fingerprint density at radius 1 is 1.36 bits per heavy atom. The number of nitrogens with one attached hydrogen (secondary N) is 1. The molecular weight excluding hydrogens is 350 g/mol. The highest BCUT2D eigenvalue weighted by Crippen LogP contribution is 2.49. The van der Waals surface area contributed by atoms with Crippen molar-refractivity contribution in [2.45, 2.75) is 24.8 Å². The summed E-state index contributed by atoms with van der Waals surface area (Å²) in [5.41, 5.74) is 0.477. The Morgan fingerprint density at radius 2 is 2.14 bits per heavy atom. The van der Waals surface area contributed by atoms with E-state index in [9.17, 15) is 9.59 Å². The number of hydrogen-bond donors (Lipinski definition) is 2. The molecule has 0 aliphatic heterocycles. The third-order valence-corrected chi connectivity index (χ3v) is 4.23. The van der Waals surface area contributed by atoms with Crippen LogP contribution in [0.3, 0.4) is 0 Å². The summed E-state index contributed by atoms with van der Waals surface area (Å²) in [6, 6.07) is 9.33. The van der Waals surface area contributed by atoms with Crippen molar-refractivity contribution >= 4 is 33.6 Å². The maximum atomic E-state index is 12.5. The number of carboxylic acids is 1. The topological polar surface area (TPSA) is 84.2 Å². The summed E-state index contributed by atoms with van der Waals surface area (Å²) in [6.07, 6.45) is 3.12. The third-order valence-electron chi connectivity index (χ3n) is 3.74. The van der Waals surface area contributed by atoms with Gasteiger partial charge in [-0.25, -0.2) is 0 Å². The second-order valence-corrected chi connectivity index (χ2v) is 6.25. The molecule has 114 valence electrons. The quantitative estimate of drug-likeness (QED) is 0.854. The SMILES string of the molecule is O=C(O)Cn1ccc(NC(=O)C2(c3cccc(Br)c3)CC2)n1. The van der Waals surface area contributed by atoms with Crippen LogP contribution in [-0.2, 0) is 21.5 Å². The fourth-order valence-electron chi connectivity index (χ4n) is 2.45. The van der Waals surface area contributed by atoms with Gasteiger partial charge in [0.15, 0.2) is 5.82 Å². The number of halogens is 1. The van der Waals surface area contributed by atoms with E-state index in [1.54, 1.807) is 6.07 Å². The van der Waals surface area contributed by atoms with E-state index in [2.05, 4.69) is 26.3 Å². The van der Waals surface area contributed by atoms with Gasteiger partial charge in [0.1, 0.15) is 6.54 Å². The zero-order valence-electron chi connectivity index (χ0n) is 11.6. The summed E-state index contributed by atoms with van der Waals surface area (Å²) < 4.78 is 2.21. The molecule has 0 spiro atoms. The number of aromatic nitrogens is 2. The highest BCUT2D eigenvalue weighted by molar-refractivity contribution is 9.10. The van der Waals surface area contributed by atoms with Gasteiger partial charge in [-0.2, -0.15) is 5.10 Å². The van der Waals surface area contributed by atoms with Crippen LogP contribution in [0.15, 0.2) is 41.0 Å². The van der Waals surface area contributed by atoms with Crippen LogP contribution >= 0.6 is 15.9 Å². The number of nitrogens with zero attached hydrogens (tertiary/aromatic N) is 2. The predicted octanol–water partition coefficient (Wildman–Crippen LogP) is 2.40. The van der Waals surface area contributed by atoms with E-state index in [-0.39, 0.29) is 12.5 Å². The van der Waals surface area contributed by atoms with Crippen LogP contribution < -0.4 is 5.32 Å². The Hall–Kier alpha value is -2.15. The monoisotopic (exact) mass is 363 g/mol. The van der Waals surface area contributed by atoms with Gasteiger partial charge >= 0.3 is 5.97 Å². The molecule has 1 heterocycles. The molecule has 1 aliphatic rings. The average Bonchev–Trinajstić information content (AvgIpc) is 3.16. The molecule has 1 saturated carbocycles. The Balaban J connectivity index is 1.74. The normalized spacial score (nSPS) is 15.3. The largest absolute Gasteiger partial charge is 0.480 e. The van der Waals surface area contributed by atoms with Crippen molar-refractivity contribution in [1.82, 2.24) is 9.78 Å². The molecule has 7 heteroatoms. The second kappa shape index (κ2) is 5.57. The van der Waals surface area contributed by atoms with Crippen molar-refractivity contribution < 1.29 is 14.7 Å². The van der Waals surface area contributed by atoms with E-state index in [0.29, 0.717) is 5.82 Å². The fraction of sp³-hybridized carbons (Fsp3) is 0.267. The van der Waals surface area contributed by atoms with Crippen molar-refractivity contribution in [2.24, 2.45) is 0 Å². The summed E-state index contributed by atoms with van der Waals surface area (Å²) in [5.74, 6) is -0.715. The van der Waals surface area contributed by atoms with Crippen LogP contribution in [0.25, 0.3) is 0 Å². The average molecular weight is 364 g/mol. The summed E-state index contributed by atoms with van der Waals surface area (Å²) in [5, 5.41) is 15.5. The maximum absolute atomic E-state index is 12.5. The first-order valence-electron chi connectivity index (χ1n) is 6.82. The lowest BCUT2D eigenvalue weighted by Crippen LogP contribution is -2.28. The van der Waals surface area contributed by atoms with Gasteiger partial charge in [0.2, 0.25) is 5.91 Å². The lowest BCUT2D eigenvalue weighted by molar-refractivity contribution is -0.137. The van der Waals surface area contributed by atoms with Crippen molar-refractivity contribution in [3.05, 3.63) is 46.6 Å². The van der Waals surface area contributed by atoms with Gasteiger partial charge in [-0.15, -0.1) is 0 Å². The summed E-state index contributed by atoms with van der Waals surface area (Å²) in [6.45, 7) is -0.230. The van der Waals surface area contributed by atoms with Crippen LogP contribution in [0.1, 0.15) is 18.4 Å². The molecular formula is C15H14BrN3O3. The molecule has 22 heavy (non-hydrogen) atoms. The number of hydrogen-bond acceptors (Lipinski definition) is 3. The van der Waals surface area contributed by atoms with Gasteiger partial charge < -0.3 is 10.4 Å². The fourth-order valence-corrected chi connectivity index (χ4v) is 2.85.